The molecule has 0 heterocycles. The Morgan fingerprint density at radius 3 is 2.88 bits per heavy atom. The van der Waals surface area contributed by atoms with E-state index in [2.05, 4.69) is 5.32 Å². The van der Waals surface area contributed by atoms with Crippen LogP contribution in [-0.4, -0.2) is 23.7 Å². The van der Waals surface area contributed by atoms with Crippen molar-refractivity contribution in [2.45, 2.75) is 19.4 Å². The number of nitrogens with two attached hydrogens (primary N) is 1. The molecular formula is C11H15FN2O2. The number of aliphatic hydroxyl groups is 1. The molecule has 1 rings (SSSR count). The lowest BCUT2D eigenvalue weighted by atomic mass is 10.1. The number of hydrogen-bond donors (Lipinski definition) is 3. The molecule has 16 heavy (non-hydrogen) atoms. The van der Waals surface area contributed by atoms with Gasteiger partial charge in [0.15, 0.2) is 0 Å². The normalized spacial score (nSPS) is 12.2. The number of nitrogens with one attached hydrogen (secondary N) is 1. The fourth-order valence-electron chi connectivity index (χ4n) is 1.31. The highest BCUT2D eigenvalue weighted by atomic mass is 19.1. The molecule has 0 radical (unpaired) electrons. The van der Waals surface area contributed by atoms with Crippen molar-refractivity contribution in [1.29, 1.82) is 0 Å². The number of halogens is 1. The van der Waals surface area contributed by atoms with Crippen LogP contribution in [0.4, 0.5) is 10.1 Å². The van der Waals surface area contributed by atoms with Gasteiger partial charge in [-0.3, -0.25) is 4.79 Å². The summed E-state index contributed by atoms with van der Waals surface area (Å²) in [6.07, 6.45) is 0.465. The van der Waals surface area contributed by atoms with Crippen molar-refractivity contribution in [3.05, 3.63) is 29.6 Å². The number of aliphatic hydroxyl groups excluding tert-OH is 1. The van der Waals surface area contributed by atoms with Gasteiger partial charge >= 0.3 is 0 Å². The van der Waals surface area contributed by atoms with Gasteiger partial charge in [0.2, 0.25) is 0 Å². The van der Waals surface area contributed by atoms with Crippen molar-refractivity contribution in [2.75, 3.05) is 12.3 Å². The van der Waals surface area contributed by atoms with Crippen LogP contribution >= 0.6 is 0 Å². The zero-order valence-electron chi connectivity index (χ0n) is 9.03. The van der Waals surface area contributed by atoms with E-state index in [1.54, 1.807) is 6.92 Å². The van der Waals surface area contributed by atoms with Crippen LogP contribution in [0.2, 0.25) is 0 Å². The molecule has 0 aliphatic heterocycles. The van der Waals surface area contributed by atoms with Gasteiger partial charge in [0.1, 0.15) is 5.82 Å². The number of amides is 1. The Labute approximate surface area is 93.3 Å². The Hall–Kier alpha value is -1.62. The molecule has 88 valence electrons. The summed E-state index contributed by atoms with van der Waals surface area (Å²) in [4.78, 5) is 11.7. The fraction of sp³-hybridized carbons (Fsp3) is 0.364. The number of hydrogen-bond acceptors (Lipinski definition) is 3. The molecule has 0 spiro atoms. The highest BCUT2D eigenvalue weighted by molar-refractivity contribution is 5.99. The van der Waals surface area contributed by atoms with Crippen LogP contribution in [0.25, 0.3) is 0 Å². The molecule has 5 heteroatoms. The number of anilines is 1. The van der Waals surface area contributed by atoms with Gasteiger partial charge in [-0.25, -0.2) is 4.39 Å². The summed E-state index contributed by atoms with van der Waals surface area (Å²) < 4.78 is 12.7. The SMILES string of the molecule is CC(CCO)NC(=O)c1ccc(F)cc1N. The number of carbonyl (C=O) groups excluding carboxylic acids is 1. The first kappa shape index (κ1) is 12.4. The molecule has 1 atom stereocenters. The van der Waals surface area contributed by atoms with E-state index in [1.165, 1.54) is 12.1 Å². The second-order valence-electron chi connectivity index (χ2n) is 3.62. The molecular weight excluding hydrogens is 211 g/mol. The van der Waals surface area contributed by atoms with Crippen LogP contribution in [0.1, 0.15) is 23.7 Å². The van der Waals surface area contributed by atoms with Gasteiger partial charge < -0.3 is 16.2 Å². The lowest BCUT2D eigenvalue weighted by Gasteiger charge is -2.13. The Bertz CT molecular complexity index is 382. The summed E-state index contributed by atoms with van der Waals surface area (Å²) in [7, 11) is 0. The van der Waals surface area contributed by atoms with Gasteiger partial charge in [-0.05, 0) is 31.5 Å². The number of benzene rings is 1. The average molecular weight is 226 g/mol. The summed E-state index contributed by atoms with van der Waals surface area (Å²) in [5.41, 5.74) is 5.87. The average Bonchev–Trinajstić information content (AvgIpc) is 2.17. The molecule has 0 bridgehead atoms. The lowest BCUT2D eigenvalue weighted by molar-refractivity contribution is 0.0935. The van der Waals surface area contributed by atoms with Gasteiger partial charge in [0, 0.05) is 18.3 Å². The van der Waals surface area contributed by atoms with Gasteiger partial charge in [-0.2, -0.15) is 0 Å². The van der Waals surface area contributed by atoms with Gasteiger partial charge in [0.05, 0.1) is 5.56 Å². The Kier molecular flexibility index (Phi) is 4.25. The second-order valence-corrected chi connectivity index (χ2v) is 3.62. The lowest BCUT2D eigenvalue weighted by Crippen LogP contribution is -2.33. The molecule has 4 N–H and O–H groups in total. The van der Waals surface area contributed by atoms with E-state index in [4.69, 9.17) is 10.8 Å². The topological polar surface area (TPSA) is 75.3 Å². The minimum Gasteiger partial charge on any atom is -0.398 e. The molecule has 0 aromatic heterocycles. The van der Waals surface area contributed by atoms with E-state index < -0.39 is 5.82 Å². The fourth-order valence-corrected chi connectivity index (χ4v) is 1.31. The third-order valence-corrected chi connectivity index (χ3v) is 2.20. The number of rotatable bonds is 4. The van der Waals surface area contributed by atoms with E-state index in [0.29, 0.717) is 6.42 Å². The molecule has 0 aliphatic rings. The first-order chi connectivity index (χ1) is 7.54. The molecule has 1 aromatic carbocycles. The van der Waals surface area contributed by atoms with Crippen molar-refractivity contribution >= 4 is 11.6 Å². The molecule has 0 saturated carbocycles. The predicted molar refractivity (Wildman–Crippen MR) is 59.4 cm³/mol. The third kappa shape index (κ3) is 3.20. The van der Waals surface area contributed by atoms with Crippen LogP contribution < -0.4 is 11.1 Å². The molecule has 0 fully saturated rings. The van der Waals surface area contributed by atoms with Crippen molar-refractivity contribution in [3.63, 3.8) is 0 Å². The number of nitrogen functional groups attached to an aromatic ring is 1. The Morgan fingerprint density at radius 2 is 2.31 bits per heavy atom. The van der Waals surface area contributed by atoms with Crippen molar-refractivity contribution in [3.8, 4) is 0 Å². The quantitative estimate of drug-likeness (QED) is 0.668. The Balaban J connectivity index is 2.73. The minimum atomic E-state index is -0.475. The van der Waals surface area contributed by atoms with Gasteiger partial charge in [-0.15, -0.1) is 0 Å². The third-order valence-electron chi connectivity index (χ3n) is 2.20. The molecule has 0 aliphatic carbocycles. The molecule has 4 nitrogen and oxygen atoms in total. The minimum absolute atomic E-state index is 0.000344. The van der Waals surface area contributed by atoms with Crippen LogP contribution in [0.15, 0.2) is 18.2 Å². The zero-order valence-corrected chi connectivity index (χ0v) is 9.03. The molecule has 1 unspecified atom stereocenters. The van der Waals surface area contributed by atoms with Crippen molar-refractivity contribution in [2.24, 2.45) is 0 Å². The van der Waals surface area contributed by atoms with E-state index in [0.717, 1.165) is 6.07 Å². The van der Waals surface area contributed by atoms with Crippen LogP contribution in [0.3, 0.4) is 0 Å². The molecule has 1 aromatic rings. The second kappa shape index (κ2) is 5.46. The molecule has 1 amide bonds. The monoisotopic (exact) mass is 226 g/mol. The van der Waals surface area contributed by atoms with Crippen molar-refractivity contribution < 1.29 is 14.3 Å². The predicted octanol–water partition coefficient (Wildman–Crippen LogP) is 0.909. The zero-order chi connectivity index (χ0) is 12.1. The highest BCUT2D eigenvalue weighted by Crippen LogP contribution is 2.13. The van der Waals surface area contributed by atoms with Crippen molar-refractivity contribution in [1.82, 2.24) is 5.32 Å². The highest BCUT2D eigenvalue weighted by Gasteiger charge is 2.12. The maximum Gasteiger partial charge on any atom is 0.253 e. The van der Waals surface area contributed by atoms with E-state index in [9.17, 15) is 9.18 Å². The molecule has 0 saturated heterocycles. The van der Waals surface area contributed by atoms with Crippen LogP contribution in [-0.2, 0) is 0 Å². The first-order valence-corrected chi connectivity index (χ1v) is 5.01. The maximum atomic E-state index is 12.7. The summed E-state index contributed by atoms with van der Waals surface area (Å²) >= 11 is 0. The van der Waals surface area contributed by atoms with Crippen LogP contribution in [0.5, 0.6) is 0 Å². The summed E-state index contributed by atoms with van der Waals surface area (Å²) in [6, 6.07) is 3.47. The van der Waals surface area contributed by atoms with Gasteiger partial charge in [-0.1, -0.05) is 0 Å². The summed E-state index contributed by atoms with van der Waals surface area (Å²) in [6.45, 7) is 1.77. The smallest absolute Gasteiger partial charge is 0.253 e. The largest absolute Gasteiger partial charge is 0.398 e. The standard InChI is InChI=1S/C11H15FN2O2/c1-7(4-5-15)14-11(16)9-3-2-8(12)6-10(9)13/h2-3,6-7,15H,4-5,13H2,1H3,(H,14,16). The summed E-state index contributed by atoms with van der Waals surface area (Å²) in [5.74, 6) is -0.837. The van der Waals surface area contributed by atoms with E-state index in [1.807, 2.05) is 0 Å². The van der Waals surface area contributed by atoms with E-state index in [-0.39, 0.29) is 29.8 Å². The summed E-state index contributed by atoms with van der Waals surface area (Å²) in [5, 5.41) is 11.3. The van der Waals surface area contributed by atoms with Crippen LogP contribution in [0, 0.1) is 5.82 Å². The van der Waals surface area contributed by atoms with E-state index >= 15 is 0 Å². The Morgan fingerprint density at radius 1 is 1.62 bits per heavy atom. The maximum absolute atomic E-state index is 12.7. The first-order valence-electron chi connectivity index (χ1n) is 5.01. The van der Waals surface area contributed by atoms with Gasteiger partial charge in [0.25, 0.3) is 5.91 Å². The number of carbonyl (C=O) groups is 1.